The quantitative estimate of drug-likeness (QED) is 0.231. The molecule has 7 nitrogen and oxygen atoms in total. The van der Waals surface area contributed by atoms with Crippen molar-refractivity contribution in [1.82, 2.24) is 10.6 Å². The number of rotatable bonds is 10. The van der Waals surface area contributed by atoms with Gasteiger partial charge in [0.1, 0.15) is 17.8 Å². The van der Waals surface area contributed by atoms with Gasteiger partial charge in [-0.1, -0.05) is 17.7 Å². The van der Waals surface area contributed by atoms with Gasteiger partial charge in [0.15, 0.2) is 0 Å². The van der Waals surface area contributed by atoms with Gasteiger partial charge in [-0.3, -0.25) is 14.4 Å². The van der Waals surface area contributed by atoms with Crippen LogP contribution in [0.25, 0.3) is 0 Å². The van der Waals surface area contributed by atoms with Crippen LogP contribution < -0.4 is 20.7 Å². The Kier molecular flexibility index (Phi) is 11.3. The number of benzene rings is 2. The first kappa shape index (κ1) is 35.9. The third kappa shape index (κ3) is 9.44. The minimum atomic E-state index is -4.80. The highest BCUT2D eigenvalue weighted by molar-refractivity contribution is 6.34. The lowest BCUT2D eigenvalue weighted by Gasteiger charge is -2.30. The van der Waals surface area contributed by atoms with Crippen LogP contribution in [0.3, 0.4) is 0 Å². The van der Waals surface area contributed by atoms with Gasteiger partial charge in [0.2, 0.25) is 5.91 Å². The molecule has 0 heterocycles. The van der Waals surface area contributed by atoms with E-state index >= 15 is 0 Å². The zero-order chi connectivity index (χ0) is 33.7. The lowest BCUT2D eigenvalue weighted by atomic mass is 9.85. The van der Waals surface area contributed by atoms with Crippen LogP contribution >= 0.6 is 11.6 Å². The van der Waals surface area contributed by atoms with Gasteiger partial charge >= 0.3 is 12.4 Å². The number of nitrogens with one attached hydrogen (secondary N) is 3. The minimum absolute atomic E-state index is 0.00275. The highest BCUT2D eigenvalue weighted by Gasteiger charge is 2.52. The zero-order valence-electron chi connectivity index (χ0n) is 24.0. The fourth-order valence-corrected chi connectivity index (χ4v) is 4.68. The van der Waals surface area contributed by atoms with Crippen LogP contribution in [0.4, 0.5) is 40.8 Å². The Hall–Kier alpha value is -3.62. The number of halogens is 9. The summed E-state index contributed by atoms with van der Waals surface area (Å²) >= 11 is 6.15. The van der Waals surface area contributed by atoms with E-state index in [-0.39, 0.29) is 65.4 Å². The molecule has 0 atom stereocenters. The maximum Gasteiger partial charge on any atom is 0.402 e. The Morgan fingerprint density at radius 2 is 1.56 bits per heavy atom. The monoisotopic (exact) mass is 671 g/mol. The van der Waals surface area contributed by atoms with Gasteiger partial charge in [-0.25, -0.2) is 8.78 Å². The van der Waals surface area contributed by atoms with Crippen molar-refractivity contribution >= 4 is 35.0 Å². The summed E-state index contributed by atoms with van der Waals surface area (Å²) in [6.45, 7) is 0.0303. The van der Waals surface area contributed by atoms with Crippen LogP contribution in [0, 0.1) is 11.3 Å². The van der Waals surface area contributed by atoms with Crippen molar-refractivity contribution in [3.8, 4) is 5.75 Å². The number of hydrogen-bond donors (Lipinski definition) is 3. The third-order valence-corrected chi connectivity index (χ3v) is 7.71. The van der Waals surface area contributed by atoms with E-state index in [0.29, 0.717) is 0 Å². The van der Waals surface area contributed by atoms with E-state index in [1.54, 1.807) is 0 Å². The molecule has 1 aliphatic rings. The van der Waals surface area contributed by atoms with Crippen LogP contribution in [0.1, 0.15) is 65.8 Å². The molecule has 248 valence electrons. The maximum absolute atomic E-state index is 13.2. The molecule has 2 aromatic carbocycles. The van der Waals surface area contributed by atoms with Gasteiger partial charge in [0.25, 0.3) is 18.2 Å². The largest absolute Gasteiger partial charge is 0.487 e. The molecular formula is C29H30ClF8N3O4. The first-order valence-electron chi connectivity index (χ1n) is 13.7. The summed E-state index contributed by atoms with van der Waals surface area (Å²) in [6.07, 6.45) is -12.3. The van der Waals surface area contributed by atoms with Crippen LogP contribution in [0.5, 0.6) is 5.75 Å². The predicted molar refractivity (Wildman–Crippen MR) is 148 cm³/mol. The van der Waals surface area contributed by atoms with Gasteiger partial charge in [-0.2, -0.15) is 26.3 Å². The predicted octanol–water partition coefficient (Wildman–Crippen LogP) is 7.29. The molecule has 0 saturated heterocycles. The molecular weight excluding hydrogens is 642 g/mol. The molecule has 0 radical (unpaired) electrons. The standard InChI is InChI=1S/C29H30ClF8N3O4/c1-27(2,29(36,37)38)26(44)39-13-15-3-9-21(30)19(11-15)24(42)41-18-8-10-22(45-14-23(31)32)20(12-18)25(43)40-17-6-4-16(5-7-17)28(33,34)35/h3,8-12,16-17,23H,4-7,13-14H2,1-2H3,(H,39,44)(H,40,43)(H,41,42)/t16-,17-. The smallest absolute Gasteiger partial charge is 0.402 e. The average molecular weight is 672 g/mol. The molecule has 3 rings (SSSR count). The molecule has 3 amide bonds. The molecule has 3 N–H and O–H groups in total. The van der Waals surface area contributed by atoms with Gasteiger partial charge in [-0.05, 0) is 75.4 Å². The van der Waals surface area contributed by atoms with E-state index in [1.807, 2.05) is 0 Å². The molecule has 0 aromatic heterocycles. The second-order valence-corrected chi connectivity index (χ2v) is 11.5. The molecule has 0 aliphatic heterocycles. The summed E-state index contributed by atoms with van der Waals surface area (Å²) in [7, 11) is 0. The summed E-state index contributed by atoms with van der Waals surface area (Å²) in [5, 5.41) is 7.19. The number of anilines is 1. The van der Waals surface area contributed by atoms with Crippen molar-refractivity contribution in [2.24, 2.45) is 11.3 Å². The molecule has 45 heavy (non-hydrogen) atoms. The molecule has 0 unspecified atom stereocenters. The van der Waals surface area contributed by atoms with Crippen LogP contribution in [0.15, 0.2) is 36.4 Å². The minimum Gasteiger partial charge on any atom is -0.487 e. The molecule has 1 aliphatic carbocycles. The second kappa shape index (κ2) is 14.2. The van der Waals surface area contributed by atoms with Crippen molar-refractivity contribution < 1.29 is 54.2 Å². The Morgan fingerprint density at radius 3 is 2.13 bits per heavy atom. The fourth-order valence-electron chi connectivity index (χ4n) is 4.48. The molecule has 0 bridgehead atoms. The zero-order valence-corrected chi connectivity index (χ0v) is 24.7. The Bertz CT molecular complexity index is 1390. The summed E-state index contributed by atoms with van der Waals surface area (Å²) in [6, 6.07) is 6.85. The van der Waals surface area contributed by atoms with Gasteiger partial charge in [-0.15, -0.1) is 0 Å². The van der Waals surface area contributed by atoms with Crippen LogP contribution in [-0.2, 0) is 11.3 Å². The van der Waals surface area contributed by atoms with Gasteiger partial charge < -0.3 is 20.7 Å². The SMILES string of the molecule is CC(C)(C(=O)NCc1ccc(Cl)c(C(=O)Nc2ccc(OCC(F)F)c(C(=O)N[C@H]3CC[C@H](C(F)(F)F)CC3)c2)c1)C(F)(F)F. The molecule has 2 aromatic rings. The fraction of sp³-hybridized carbons (Fsp3) is 0.483. The van der Waals surface area contributed by atoms with E-state index in [2.05, 4.69) is 16.0 Å². The highest BCUT2D eigenvalue weighted by atomic mass is 35.5. The summed E-state index contributed by atoms with van der Waals surface area (Å²) in [4.78, 5) is 38.3. The normalized spacial score (nSPS) is 17.5. The summed E-state index contributed by atoms with van der Waals surface area (Å²) in [5.74, 6) is -4.66. The van der Waals surface area contributed by atoms with Crippen LogP contribution in [-0.4, -0.2) is 49.1 Å². The van der Waals surface area contributed by atoms with Crippen molar-refractivity contribution in [1.29, 1.82) is 0 Å². The molecule has 16 heteroatoms. The van der Waals surface area contributed by atoms with Crippen molar-refractivity contribution in [3.63, 3.8) is 0 Å². The molecule has 1 fully saturated rings. The Morgan fingerprint density at radius 1 is 0.911 bits per heavy atom. The molecule has 1 saturated carbocycles. The highest BCUT2D eigenvalue weighted by Crippen LogP contribution is 2.38. The average Bonchev–Trinajstić information content (AvgIpc) is 2.94. The third-order valence-electron chi connectivity index (χ3n) is 7.38. The van der Waals surface area contributed by atoms with E-state index in [0.717, 1.165) is 26.0 Å². The molecule has 0 spiro atoms. The summed E-state index contributed by atoms with van der Waals surface area (Å²) < 4.78 is 109. The number of ether oxygens (including phenoxy) is 1. The Balaban J connectivity index is 1.76. The second-order valence-electron chi connectivity index (χ2n) is 11.1. The topological polar surface area (TPSA) is 96.5 Å². The number of amides is 3. The maximum atomic E-state index is 13.2. The van der Waals surface area contributed by atoms with Gasteiger partial charge in [0.05, 0.1) is 22.1 Å². The van der Waals surface area contributed by atoms with Crippen molar-refractivity contribution in [3.05, 3.63) is 58.1 Å². The van der Waals surface area contributed by atoms with E-state index < -0.39 is 60.5 Å². The van der Waals surface area contributed by atoms with Crippen molar-refractivity contribution in [2.75, 3.05) is 11.9 Å². The first-order chi connectivity index (χ1) is 20.8. The lowest BCUT2D eigenvalue weighted by Crippen LogP contribution is -2.46. The van der Waals surface area contributed by atoms with E-state index in [1.165, 1.54) is 24.3 Å². The number of alkyl halides is 8. The number of hydrogen-bond acceptors (Lipinski definition) is 4. The summed E-state index contributed by atoms with van der Waals surface area (Å²) in [5.41, 5.74) is -2.83. The Labute approximate surface area is 258 Å². The van der Waals surface area contributed by atoms with Crippen molar-refractivity contribution in [2.45, 2.75) is 70.9 Å². The van der Waals surface area contributed by atoms with E-state index in [4.69, 9.17) is 16.3 Å². The van der Waals surface area contributed by atoms with Gasteiger partial charge in [0, 0.05) is 18.3 Å². The first-order valence-corrected chi connectivity index (χ1v) is 14.0. The lowest BCUT2D eigenvalue weighted by molar-refractivity contribution is -0.211. The number of carbonyl (C=O) groups is 3. The van der Waals surface area contributed by atoms with Crippen LogP contribution in [0.2, 0.25) is 5.02 Å². The van der Waals surface area contributed by atoms with E-state index in [9.17, 15) is 49.5 Å². The number of carbonyl (C=O) groups excluding carboxylic acids is 3.